The molecule has 51 heavy (non-hydrogen) atoms. The molecule has 4 rings (SSSR count). The van der Waals surface area contributed by atoms with Gasteiger partial charge in [0.05, 0.1) is 43.2 Å². The Morgan fingerprint density at radius 3 is 2.20 bits per heavy atom. The van der Waals surface area contributed by atoms with Crippen molar-refractivity contribution >= 4 is 46.3 Å². The van der Waals surface area contributed by atoms with E-state index in [1.807, 2.05) is 25.1 Å². The van der Waals surface area contributed by atoms with Gasteiger partial charge in [-0.3, -0.25) is 14.4 Å². The zero-order valence-corrected chi connectivity index (χ0v) is 29.2. The van der Waals surface area contributed by atoms with Crippen LogP contribution in [0.5, 0.6) is 0 Å². The molecule has 1 aliphatic heterocycles. The van der Waals surface area contributed by atoms with Gasteiger partial charge in [0.2, 0.25) is 0 Å². The summed E-state index contributed by atoms with van der Waals surface area (Å²) in [6.45, 7) is 6.47. The Morgan fingerprint density at radius 2 is 1.49 bits per heavy atom. The Kier molecular flexibility index (Phi) is 15.7. The van der Waals surface area contributed by atoms with Gasteiger partial charge in [0, 0.05) is 69.0 Å². The molecule has 1 saturated heterocycles. The molecule has 1 unspecified atom stereocenters. The van der Waals surface area contributed by atoms with Gasteiger partial charge in [0.25, 0.3) is 17.6 Å². The molecule has 0 saturated carbocycles. The maximum absolute atomic E-state index is 13.4. The predicted octanol–water partition coefficient (Wildman–Crippen LogP) is 2.70. The van der Waals surface area contributed by atoms with E-state index in [4.69, 9.17) is 15.2 Å². The fourth-order valence-electron chi connectivity index (χ4n) is 5.78. The van der Waals surface area contributed by atoms with Crippen molar-refractivity contribution in [1.29, 1.82) is 0 Å². The average molecular weight is 707 g/mol. The first-order valence-corrected chi connectivity index (χ1v) is 17.5. The van der Waals surface area contributed by atoms with E-state index in [0.717, 1.165) is 25.7 Å². The molecule has 15 heteroatoms. The Morgan fingerprint density at radius 1 is 0.804 bits per heavy atom. The molecule has 7 N–H and O–H groups in total. The van der Waals surface area contributed by atoms with Crippen LogP contribution in [0.2, 0.25) is 0 Å². The van der Waals surface area contributed by atoms with Crippen LogP contribution >= 0.6 is 0 Å². The van der Waals surface area contributed by atoms with Gasteiger partial charge in [-0.1, -0.05) is 43.2 Å². The van der Waals surface area contributed by atoms with Gasteiger partial charge >= 0.3 is 12.1 Å². The number of nitrogens with two attached hydrogens (primary N) is 1. The smallest absolute Gasteiger partial charge is 0.319 e. The summed E-state index contributed by atoms with van der Waals surface area (Å²) >= 11 is 0. The predicted molar refractivity (Wildman–Crippen MR) is 194 cm³/mol. The van der Waals surface area contributed by atoms with Crippen LogP contribution in [0.4, 0.5) is 15.3 Å². The Balaban J connectivity index is 1.13. The van der Waals surface area contributed by atoms with E-state index in [2.05, 4.69) is 26.3 Å². The lowest BCUT2D eigenvalue weighted by Crippen LogP contribution is -2.56. The number of unbranched alkanes of at least 4 members (excludes halogenated alkanes) is 3. The number of H-pyrrole nitrogens is 1. The first kappa shape index (κ1) is 38.8. The van der Waals surface area contributed by atoms with Crippen molar-refractivity contribution in [3.63, 3.8) is 0 Å². The van der Waals surface area contributed by atoms with Crippen LogP contribution in [0.1, 0.15) is 53.3 Å². The number of ketones is 1. The summed E-state index contributed by atoms with van der Waals surface area (Å²) in [6, 6.07) is 13.2. The molecule has 1 atom stereocenters. The molecule has 1 fully saturated rings. The molecule has 1 aromatic heterocycles. The number of piperazine rings is 1. The van der Waals surface area contributed by atoms with E-state index in [9.17, 15) is 24.0 Å². The second-order valence-corrected chi connectivity index (χ2v) is 12.2. The molecule has 0 aliphatic carbocycles. The zero-order chi connectivity index (χ0) is 36.4. The SMILES string of the molecule is CC1CN(C(=O)c2ccccc2)CCN1C(=O)C(=O)c1c[nH]c2c(NC(=O)NCCCCCCNC(=O)NCCOCCOCCN)cccc12. The molecule has 3 aromatic rings. The van der Waals surface area contributed by atoms with Crippen molar-refractivity contribution < 1.29 is 33.4 Å². The molecule has 0 spiro atoms. The van der Waals surface area contributed by atoms with E-state index in [1.165, 1.54) is 11.1 Å². The fourth-order valence-corrected chi connectivity index (χ4v) is 5.78. The number of Topliss-reactive ketones (excluding diaryl/α,β-unsaturated/α-hetero) is 1. The van der Waals surface area contributed by atoms with Gasteiger partial charge in [-0.2, -0.15) is 0 Å². The standard InChI is InChI=1S/C36H50N8O7/c1-26-25-43(33(46)27-10-5-4-6-11-27)18-19-44(26)34(47)32(45)29-24-41-31-28(29)12-9-13-30(31)42-36(49)39-16-8-3-2-7-15-38-35(48)40-17-21-51-23-22-50-20-14-37/h4-6,9-13,24,26,41H,2-3,7-8,14-23,25,37H2,1H3,(H2,38,40,48)(H2,39,42,49). The largest absolute Gasteiger partial charge is 0.378 e. The van der Waals surface area contributed by atoms with Crippen molar-refractivity contribution in [3.8, 4) is 0 Å². The van der Waals surface area contributed by atoms with Gasteiger partial charge in [-0.15, -0.1) is 0 Å². The highest BCUT2D eigenvalue weighted by molar-refractivity contribution is 6.45. The van der Waals surface area contributed by atoms with Crippen LogP contribution in [0.3, 0.4) is 0 Å². The van der Waals surface area contributed by atoms with Gasteiger partial charge in [0.15, 0.2) is 0 Å². The lowest BCUT2D eigenvalue weighted by molar-refractivity contribution is -0.130. The molecule has 6 amide bonds. The third kappa shape index (κ3) is 11.8. The number of nitrogens with one attached hydrogen (secondary N) is 5. The highest BCUT2D eigenvalue weighted by Crippen LogP contribution is 2.27. The minimum Gasteiger partial charge on any atom is -0.378 e. The average Bonchev–Trinajstić information content (AvgIpc) is 3.58. The number of aromatic nitrogens is 1. The van der Waals surface area contributed by atoms with E-state index in [0.29, 0.717) is 87.8 Å². The lowest BCUT2D eigenvalue weighted by Gasteiger charge is -2.39. The first-order valence-electron chi connectivity index (χ1n) is 17.5. The maximum atomic E-state index is 13.4. The fraction of sp³-hybridized carbons (Fsp3) is 0.472. The van der Waals surface area contributed by atoms with Gasteiger partial charge < -0.3 is 51.3 Å². The Bertz CT molecular complexity index is 1600. The number of hydrogen-bond donors (Lipinski definition) is 6. The molecule has 1 aliphatic rings. The van der Waals surface area contributed by atoms with Gasteiger partial charge in [-0.05, 0) is 38.0 Å². The van der Waals surface area contributed by atoms with Crippen molar-refractivity contribution in [2.45, 2.75) is 38.6 Å². The summed E-state index contributed by atoms with van der Waals surface area (Å²) in [7, 11) is 0. The number of amides is 6. The molecular weight excluding hydrogens is 656 g/mol. The van der Waals surface area contributed by atoms with Crippen LogP contribution in [-0.4, -0.2) is 123 Å². The number of rotatable bonds is 19. The van der Waals surface area contributed by atoms with E-state index >= 15 is 0 Å². The molecule has 15 nitrogen and oxygen atoms in total. The van der Waals surface area contributed by atoms with Crippen molar-refractivity contribution in [1.82, 2.24) is 30.7 Å². The Labute approximate surface area is 297 Å². The van der Waals surface area contributed by atoms with Crippen LogP contribution in [-0.2, 0) is 14.3 Å². The van der Waals surface area contributed by atoms with E-state index in [-0.39, 0.29) is 36.1 Å². The molecule has 2 heterocycles. The highest BCUT2D eigenvalue weighted by Gasteiger charge is 2.34. The van der Waals surface area contributed by atoms with Crippen LogP contribution < -0.4 is 27.0 Å². The van der Waals surface area contributed by atoms with Crippen molar-refractivity contribution in [2.75, 3.05) is 77.6 Å². The summed E-state index contributed by atoms with van der Waals surface area (Å²) in [5.74, 6) is -1.39. The number of fused-ring (bicyclic) bond motifs is 1. The number of carbonyl (C=O) groups is 5. The van der Waals surface area contributed by atoms with Gasteiger partial charge in [0.1, 0.15) is 0 Å². The zero-order valence-electron chi connectivity index (χ0n) is 29.2. The van der Waals surface area contributed by atoms with Crippen LogP contribution in [0, 0.1) is 0 Å². The number of para-hydroxylation sites is 1. The van der Waals surface area contributed by atoms with Crippen LogP contribution in [0.15, 0.2) is 54.7 Å². The first-order chi connectivity index (χ1) is 24.8. The number of hydrogen-bond acceptors (Lipinski definition) is 8. The lowest BCUT2D eigenvalue weighted by atomic mass is 10.1. The Hall–Kier alpha value is -4.99. The molecular formula is C36H50N8O7. The highest BCUT2D eigenvalue weighted by atomic mass is 16.5. The minimum absolute atomic E-state index is 0.104. The van der Waals surface area contributed by atoms with Gasteiger partial charge in [-0.25, -0.2) is 9.59 Å². The number of aromatic amines is 1. The number of nitrogens with zero attached hydrogens (tertiary/aromatic N) is 2. The van der Waals surface area contributed by atoms with E-state index in [1.54, 1.807) is 35.2 Å². The summed E-state index contributed by atoms with van der Waals surface area (Å²) in [5.41, 5.74) is 7.15. The minimum atomic E-state index is -0.654. The third-order valence-corrected chi connectivity index (χ3v) is 8.44. The molecule has 276 valence electrons. The monoisotopic (exact) mass is 706 g/mol. The number of anilines is 1. The van der Waals surface area contributed by atoms with Crippen molar-refractivity contribution in [3.05, 3.63) is 65.9 Å². The topological polar surface area (TPSA) is 200 Å². The molecule has 2 aromatic carbocycles. The summed E-state index contributed by atoms with van der Waals surface area (Å²) < 4.78 is 10.6. The van der Waals surface area contributed by atoms with Crippen LogP contribution in [0.25, 0.3) is 10.9 Å². The number of ether oxygens (including phenoxy) is 2. The second-order valence-electron chi connectivity index (χ2n) is 12.2. The normalized spacial score (nSPS) is 14.3. The van der Waals surface area contributed by atoms with E-state index < -0.39 is 11.7 Å². The molecule has 0 radical (unpaired) electrons. The van der Waals surface area contributed by atoms with Crippen molar-refractivity contribution in [2.24, 2.45) is 5.73 Å². The quantitative estimate of drug-likeness (QED) is 0.0621. The number of benzene rings is 2. The summed E-state index contributed by atoms with van der Waals surface area (Å²) in [4.78, 5) is 70.4. The summed E-state index contributed by atoms with van der Waals surface area (Å²) in [5, 5.41) is 11.7. The maximum Gasteiger partial charge on any atom is 0.319 e. The number of carbonyl (C=O) groups excluding carboxylic acids is 5. The second kappa shape index (κ2) is 20.6. The molecule has 0 bridgehead atoms. The third-order valence-electron chi connectivity index (χ3n) is 8.44. The number of urea groups is 2. The summed E-state index contributed by atoms with van der Waals surface area (Å²) in [6.07, 6.45) is 4.85.